The highest BCUT2D eigenvalue weighted by Gasteiger charge is 2.37. The molecule has 0 heterocycles. The number of aryl methyl sites for hydroxylation is 1. The van der Waals surface area contributed by atoms with Gasteiger partial charge in [-0.15, -0.1) is 0 Å². The SMILES string of the molecule is CCOC(C1CC1)C(Cc1cc(C)ccc1OC)NN. The third kappa shape index (κ3) is 3.72. The molecule has 0 radical (unpaired) electrons. The summed E-state index contributed by atoms with van der Waals surface area (Å²) in [5, 5.41) is 0. The van der Waals surface area contributed by atoms with Crippen molar-refractivity contribution in [2.75, 3.05) is 13.7 Å². The van der Waals surface area contributed by atoms with E-state index in [-0.39, 0.29) is 12.1 Å². The van der Waals surface area contributed by atoms with E-state index in [2.05, 4.69) is 24.5 Å². The standard InChI is InChI=1S/C16H26N2O2/c1-4-20-16(12-6-7-12)14(18-17)10-13-9-11(2)5-8-15(13)19-3/h5,8-9,12,14,16,18H,4,6-7,10,17H2,1-3H3. The van der Waals surface area contributed by atoms with Gasteiger partial charge in [0.05, 0.1) is 19.3 Å². The van der Waals surface area contributed by atoms with Crippen LogP contribution in [0.5, 0.6) is 5.75 Å². The molecule has 0 aromatic heterocycles. The maximum atomic E-state index is 5.91. The van der Waals surface area contributed by atoms with Crippen LogP contribution in [0.3, 0.4) is 0 Å². The molecule has 1 aromatic carbocycles. The van der Waals surface area contributed by atoms with E-state index < -0.39 is 0 Å². The van der Waals surface area contributed by atoms with Gasteiger partial charge < -0.3 is 9.47 Å². The van der Waals surface area contributed by atoms with Gasteiger partial charge in [0.15, 0.2) is 0 Å². The predicted molar refractivity (Wildman–Crippen MR) is 80.7 cm³/mol. The Labute approximate surface area is 121 Å². The largest absolute Gasteiger partial charge is 0.496 e. The summed E-state index contributed by atoms with van der Waals surface area (Å²) < 4.78 is 11.4. The summed E-state index contributed by atoms with van der Waals surface area (Å²) in [5.41, 5.74) is 5.36. The van der Waals surface area contributed by atoms with Gasteiger partial charge in [0.2, 0.25) is 0 Å². The molecule has 0 spiro atoms. The number of ether oxygens (including phenoxy) is 2. The molecule has 0 bridgehead atoms. The zero-order valence-corrected chi connectivity index (χ0v) is 12.7. The van der Waals surface area contributed by atoms with Crippen molar-refractivity contribution in [3.63, 3.8) is 0 Å². The van der Waals surface area contributed by atoms with Gasteiger partial charge in [-0.25, -0.2) is 0 Å². The van der Waals surface area contributed by atoms with Crippen molar-refractivity contribution < 1.29 is 9.47 Å². The molecule has 2 atom stereocenters. The normalized spacial score (nSPS) is 17.8. The minimum atomic E-state index is 0.123. The van der Waals surface area contributed by atoms with Crippen molar-refractivity contribution in [3.8, 4) is 5.75 Å². The van der Waals surface area contributed by atoms with Gasteiger partial charge in [0, 0.05) is 6.61 Å². The lowest BCUT2D eigenvalue weighted by molar-refractivity contribution is 0.0191. The lowest BCUT2D eigenvalue weighted by Gasteiger charge is -2.27. The molecule has 112 valence electrons. The minimum Gasteiger partial charge on any atom is -0.496 e. The number of nitrogens with two attached hydrogens (primary N) is 1. The first kappa shape index (κ1) is 15.3. The molecule has 20 heavy (non-hydrogen) atoms. The Morgan fingerprint density at radius 1 is 1.40 bits per heavy atom. The van der Waals surface area contributed by atoms with Crippen molar-refractivity contribution in [2.24, 2.45) is 11.8 Å². The molecule has 0 saturated heterocycles. The third-order valence-electron chi connectivity index (χ3n) is 3.93. The molecule has 1 aliphatic rings. The van der Waals surface area contributed by atoms with Gasteiger partial charge in [0.1, 0.15) is 5.75 Å². The number of hydrogen-bond donors (Lipinski definition) is 2. The molecule has 1 aromatic rings. The fraction of sp³-hybridized carbons (Fsp3) is 0.625. The van der Waals surface area contributed by atoms with Gasteiger partial charge in [-0.2, -0.15) is 0 Å². The lowest BCUT2D eigenvalue weighted by Crippen LogP contribution is -2.47. The zero-order chi connectivity index (χ0) is 14.5. The number of hydrazine groups is 1. The Morgan fingerprint density at radius 2 is 2.15 bits per heavy atom. The molecular formula is C16H26N2O2. The first-order valence-corrected chi connectivity index (χ1v) is 7.40. The van der Waals surface area contributed by atoms with Crippen LogP contribution in [0, 0.1) is 12.8 Å². The minimum absolute atomic E-state index is 0.123. The molecule has 1 saturated carbocycles. The van der Waals surface area contributed by atoms with Crippen LogP contribution in [-0.4, -0.2) is 25.9 Å². The molecule has 2 rings (SSSR count). The molecular weight excluding hydrogens is 252 g/mol. The van der Waals surface area contributed by atoms with E-state index in [1.165, 1.54) is 24.0 Å². The van der Waals surface area contributed by atoms with E-state index >= 15 is 0 Å². The highest BCUT2D eigenvalue weighted by atomic mass is 16.5. The second-order valence-electron chi connectivity index (χ2n) is 5.55. The monoisotopic (exact) mass is 278 g/mol. The van der Waals surface area contributed by atoms with Gasteiger partial charge in [-0.1, -0.05) is 17.7 Å². The summed E-state index contributed by atoms with van der Waals surface area (Å²) in [7, 11) is 1.71. The summed E-state index contributed by atoms with van der Waals surface area (Å²) >= 11 is 0. The quantitative estimate of drug-likeness (QED) is 0.565. The average molecular weight is 278 g/mol. The van der Waals surface area contributed by atoms with Crippen LogP contribution in [0.1, 0.15) is 30.9 Å². The number of benzene rings is 1. The van der Waals surface area contributed by atoms with Crippen molar-refractivity contribution >= 4 is 0 Å². The second kappa shape index (κ2) is 7.07. The molecule has 1 aliphatic carbocycles. The molecule has 0 amide bonds. The van der Waals surface area contributed by atoms with Crippen LogP contribution in [-0.2, 0) is 11.2 Å². The summed E-state index contributed by atoms with van der Waals surface area (Å²) in [6.45, 7) is 4.86. The van der Waals surface area contributed by atoms with Crippen LogP contribution in [0.25, 0.3) is 0 Å². The number of nitrogens with one attached hydrogen (secondary N) is 1. The number of methoxy groups -OCH3 is 1. The van der Waals surface area contributed by atoms with Gasteiger partial charge in [-0.3, -0.25) is 11.3 Å². The first-order valence-electron chi connectivity index (χ1n) is 7.40. The Kier molecular flexibility index (Phi) is 5.40. The molecule has 2 unspecified atom stereocenters. The molecule has 1 fully saturated rings. The Hall–Kier alpha value is -1.10. The van der Waals surface area contributed by atoms with Gasteiger partial charge in [-0.05, 0) is 50.7 Å². The molecule has 0 aliphatic heterocycles. The van der Waals surface area contributed by atoms with E-state index in [9.17, 15) is 0 Å². The Balaban J connectivity index is 2.14. The fourth-order valence-corrected chi connectivity index (χ4v) is 2.77. The smallest absolute Gasteiger partial charge is 0.122 e. The molecule has 4 heteroatoms. The first-order chi connectivity index (χ1) is 9.69. The molecule has 4 nitrogen and oxygen atoms in total. The number of hydrogen-bond acceptors (Lipinski definition) is 4. The van der Waals surface area contributed by atoms with Crippen LogP contribution in [0.2, 0.25) is 0 Å². The Morgan fingerprint density at radius 3 is 2.70 bits per heavy atom. The average Bonchev–Trinajstić information content (AvgIpc) is 3.27. The third-order valence-corrected chi connectivity index (χ3v) is 3.93. The Bertz CT molecular complexity index is 432. The van der Waals surface area contributed by atoms with Crippen LogP contribution in [0.4, 0.5) is 0 Å². The van der Waals surface area contributed by atoms with Crippen molar-refractivity contribution in [1.29, 1.82) is 0 Å². The van der Waals surface area contributed by atoms with E-state index in [0.717, 1.165) is 18.8 Å². The van der Waals surface area contributed by atoms with E-state index in [4.69, 9.17) is 15.3 Å². The summed E-state index contributed by atoms with van der Waals surface area (Å²) in [5.74, 6) is 7.34. The van der Waals surface area contributed by atoms with Crippen LogP contribution in [0.15, 0.2) is 18.2 Å². The van der Waals surface area contributed by atoms with Crippen molar-refractivity contribution in [3.05, 3.63) is 29.3 Å². The second-order valence-corrected chi connectivity index (χ2v) is 5.55. The maximum Gasteiger partial charge on any atom is 0.122 e. The van der Waals surface area contributed by atoms with Crippen molar-refractivity contribution in [2.45, 2.75) is 45.3 Å². The maximum absolute atomic E-state index is 5.91. The van der Waals surface area contributed by atoms with Crippen molar-refractivity contribution in [1.82, 2.24) is 5.43 Å². The van der Waals surface area contributed by atoms with Gasteiger partial charge >= 0.3 is 0 Å². The number of rotatable bonds is 8. The summed E-state index contributed by atoms with van der Waals surface area (Å²) in [4.78, 5) is 0. The summed E-state index contributed by atoms with van der Waals surface area (Å²) in [6, 6.07) is 6.37. The lowest BCUT2D eigenvalue weighted by atomic mass is 9.97. The zero-order valence-electron chi connectivity index (χ0n) is 12.7. The van der Waals surface area contributed by atoms with Crippen LogP contribution >= 0.6 is 0 Å². The van der Waals surface area contributed by atoms with E-state index in [0.29, 0.717) is 5.92 Å². The van der Waals surface area contributed by atoms with Crippen LogP contribution < -0.4 is 16.0 Å². The van der Waals surface area contributed by atoms with E-state index in [1.54, 1.807) is 7.11 Å². The van der Waals surface area contributed by atoms with E-state index in [1.807, 2.05) is 13.0 Å². The highest BCUT2D eigenvalue weighted by Crippen LogP contribution is 2.37. The summed E-state index contributed by atoms with van der Waals surface area (Å²) in [6.07, 6.45) is 3.50. The topological polar surface area (TPSA) is 56.5 Å². The predicted octanol–water partition coefficient (Wildman–Crippen LogP) is 2.19. The molecule has 3 N–H and O–H groups in total. The highest BCUT2D eigenvalue weighted by molar-refractivity contribution is 5.37. The van der Waals surface area contributed by atoms with Gasteiger partial charge in [0.25, 0.3) is 0 Å². The fourth-order valence-electron chi connectivity index (χ4n) is 2.77.